The van der Waals surface area contributed by atoms with E-state index >= 15 is 0 Å². The normalized spacial score (nSPS) is 11.3. The quantitative estimate of drug-likeness (QED) is 0.284. The number of benzene rings is 3. The molecule has 3 aromatic carbocycles. The maximum absolute atomic E-state index is 12.6. The second kappa shape index (κ2) is 11.8. The average molecular weight is 537 g/mol. The summed E-state index contributed by atoms with van der Waals surface area (Å²) in [5.74, 6) is 2.01. The summed E-state index contributed by atoms with van der Waals surface area (Å²) in [6, 6.07) is 19.7. The number of sulfonamides is 1. The number of hydrogen-bond acceptors (Lipinski definition) is 8. The number of methoxy groups -OCH3 is 1. The number of nitrogens with zero attached hydrogens (tertiary/aromatic N) is 2. The second-order valence-electron chi connectivity index (χ2n) is 8.72. The van der Waals surface area contributed by atoms with Crippen LogP contribution in [0.25, 0.3) is 0 Å². The monoisotopic (exact) mass is 536 g/mol. The molecule has 1 aromatic heterocycles. The van der Waals surface area contributed by atoms with Gasteiger partial charge in [-0.3, -0.25) is 9.52 Å². The van der Waals surface area contributed by atoms with Crippen molar-refractivity contribution in [2.45, 2.75) is 31.1 Å². The van der Waals surface area contributed by atoms with Gasteiger partial charge < -0.3 is 19.3 Å². The van der Waals surface area contributed by atoms with Crippen LogP contribution in [0.15, 0.2) is 82.2 Å². The summed E-state index contributed by atoms with van der Waals surface area (Å²) in [6.45, 7) is 3.74. The van der Waals surface area contributed by atoms with Gasteiger partial charge in [0.1, 0.15) is 11.5 Å². The van der Waals surface area contributed by atoms with Gasteiger partial charge in [0.05, 0.1) is 12.0 Å². The standard InChI is InChI=1S/C27H28N4O6S/c1-18(2)27-29-25(30-37-27)16-19-4-6-20(7-5-19)28-26(32)17-36-23-12-14-24(15-13-23)38(33,34)31-21-8-10-22(35-3)11-9-21/h4-15,18,31H,16-17H2,1-3H3,(H,28,32). The van der Waals surface area contributed by atoms with Crippen molar-refractivity contribution in [2.24, 2.45) is 0 Å². The highest BCUT2D eigenvalue weighted by Gasteiger charge is 2.15. The minimum Gasteiger partial charge on any atom is -0.497 e. The highest BCUT2D eigenvalue weighted by atomic mass is 32.2. The lowest BCUT2D eigenvalue weighted by molar-refractivity contribution is -0.118. The van der Waals surface area contributed by atoms with E-state index in [1.165, 1.54) is 31.4 Å². The van der Waals surface area contributed by atoms with Gasteiger partial charge in [-0.2, -0.15) is 4.98 Å². The molecule has 38 heavy (non-hydrogen) atoms. The predicted molar refractivity (Wildman–Crippen MR) is 142 cm³/mol. The Labute approximate surface area is 221 Å². The van der Waals surface area contributed by atoms with Crippen molar-refractivity contribution in [3.63, 3.8) is 0 Å². The number of anilines is 2. The molecule has 11 heteroatoms. The molecule has 0 saturated heterocycles. The van der Waals surface area contributed by atoms with Gasteiger partial charge in [-0.1, -0.05) is 31.1 Å². The highest BCUT2D eigenvalue weighted by Crippen LogP contribution is 2.21. The molecule has 10 nitrogen and oxygen atoms in total. The lowest BCUT2D eigenvalue weighted by Gasteiger charge is -2.10. The molecule has 0 radical (unpaired) electrons. The number of carbonyl (C=O) groups is 1. The molecule has 0 aliphatic heterocycles. The van der Waals surface area contributed by atoms with Gasteiger partial charge in [-0.05, 0) is 66.2 Å². The zero-order chi connectivity index (χ0) is 27.1. The van der Waals surface area contributed by atoms with E-state index in [1.54, 1.807) is 36.4 Å². The van der Waals surface area contributed by atoms with E-state index in [0.717, 1.165) is 5.56 Å². The Morgan fingerprint density at radius 3 is 2.16 bits per heavy atom. The lowest BCUT2D eigenvalue weighted by atomic mass is 10.1. The van der Waals surface area contributed by atoms with E-state index in [4.69, 9.17) is 14.0 Å². The summed E-state index contributed by atoms with van der Waals surface area (Å²) >= 11 is 0. The van der Waals surface area contributed by atoms with Crippen molar-refractivity contribution < 1.29 is 27.2 Å². The maximum atomic E-state index is 12.6. The highest BCUT2D eigenvalue weighted by molar-refractivity contribution is 7.92. The van der Waals surface area contributed by atoms with Gasteiger partial charge in [0, 0.05) is 23.7 Å². The summed E-state index contributed by atoms with van der Waals surface area (Å²) in [7, 11) is -2.25. The summed E-state index contributed by atoms with van der Waals surface area (Å²) in [6.07, 6.45) is 0.523. The summed E-state index contributed by atoms with van der Waals surface area (Å²) < 4.78 is 43.6. The molecule has 0 atom stereocenters. The number of carbonyl (C=O) groups excluding carboxylic acids is 1. The number of ether oxygens (including phenoxy) is 2. The number of nitrogens with one attached hydrogen (secondary N) is 2. The Morgan fingerprint density at radius 2 is 1.55 bits per heavy atom. The first-order valence-electron chi connectivity index (χ1n) is 11.8. The fraction of sp³-hybridized carbons (Fsp3) is 0.222. The van der Waals surface area contributed by atoms with Crippen molar-refractivity contribution in [2.75, 3.05) is 23.8 Å². The fourth-order valence-electron chi connectivity index (χ4n) is 3.40. The Bertz CT molecular complexity index is 1470. The lowest BCUT2D eigenvalue weighted by Crippen LogP contribution is -2.20. The van der Waals surface area contributed by atoms with Crippen LogP contribution >= 0.6 is 0 Å². The molecule has 0 bridgehead atoms. The summed E-state index contributed by atoms with van der Waals surface area (Å²) in [4.78, 5) is 16.7. The molecule has 0 fully saturated rings. The fourth-order valence-corrected chi connectivity index (χ4v) is 4.46. The molecule has 4 aromatic rings. The van der Waals surface area contributed by atoms with Crippen LogP contribution in [0.4, 0.5) is 11.4 Å². The van der Waals surface area contributed by atoms with E-state index in [1.807, 2.05) is 26.0 Å². The Kier molecular flexibility index (Phi) is 8.27. The molecule has 2 N–H and O–H groups in total. The van der Waals surface area contributed by atoms with Crippen LogP contribution < -0.4 is 19.5 Å². The minimum absolute atomic E-state index is 0.0615. The molecule has 1 heterocycles. The second-order valence-corrected chi connectivity index (χ2v) is 10.4. The van der Waals surface area contributed by atoms with Crippen LogP contribution in [0, 0.1) is 0 Å². The predicted octanol–water partition coefficient (Wildman–Crippen LogP) is 4.61. The molecular formula is C27H28N4O6S. The van der Waals surface area contributed by atoms with Crippen molar-refractivity contribution in [3.8, 4) is 11.5 Å². The third-order valence-corrected chi connectivity index (χ3v) is 6.82. The van der Waals surface area contributed by atoms with Gasteiger partial charge in [-0.15, -0.1) is 0 Å². The van der Waals surface area contributed by atoms with Gasteiger partial charge in [0.2, 0.25) is 5.89 Å². The van der Waals surface area contributed by atoms with Crippen molar-refractivity contribution in [1.29, 1.82) is 0 Å². The van der Waals surface area contributed by atoms with Crippen LogP contribution in [-0.4, -0.2) is 38.2 Å². The zero-order valence-electron chi connectivity index (χ0n) is 21.2. The number of rotatable bonds is 11. The average Bonchev–Trinajstić information content (AvgIpc) is 3.38. The number of amides is 1. The summed E-state index contributed by atoms with van der Waals surface area (Å²) in [5, 5.41) is 6.75. The zero-order valence-corrected chi connectivity index (χ0v) is 22.0. The smallest absolute Gasteiger partial charge is 0.262 e. The molecule has 0 spiro atoms. The maximum Gasteiger partial charge on any atom is 0.262 e. The first-order chi connectivity index (χ1) is 18.2. The molecule has 4 rings (SSSR count). The Hall–Kier alpha value is -4.38. The van der Waals surface area contributed by atoms with Gasteiger partial charge in [-0.25, -0.2) is 8.42 Å². The Balaban J connectivity index is 1.26. The van der Waals surface area contributed by atoms with Gasteiger partial charge in [0.15, 0.2) is 12.4 Å². The SMILES string of the molecule is COc1ccc(NS(=O)(=O)c2ccc(OCC(=O)Nc3ccc(Cc4noc(C(C)C)n4)cc3)cc2)cc1. The molecule has 1 amide bonds. The van der Waals surface area contributed by atoms with E-state index in [0.29, 0.717) is 41.0 Å². The topological polar surface area (TPSA) is 133 Å². The van der Waals surface area contributed by atoms with Crippen LogP contribution in [0.5, 0.6) is 11.5 Å². The van der Waals surface area contributed by atoms with E-state index in [-0.39, 0.29) is 23.3 Å². The van der Waals surface area contributed by atoms with Gasteiger partial charge in [0.25, 0.3) is 15.9 Å². The van der Waals surface area contributed by atoms with E-state index < -0.39 is 10.0 Å². The minimum atomic E-state index is -3.79. The third-order valence-electron chi connectivity index (χ3n) is 5.42. The Morgan fingerprint density at radius 1 is 0.921 bits per heavy atom. The molecular weight excluding hydrogens is 508 g/mol. The summed E-state index contributed by atoms with van der Waals surface area (Å²) in [5.41, 5.74) is 2.00. The number of aromatic nitrogens is 2. The van der Waals surface area contributed by atoms with Crippen LogP contribution in [0.2, 0.25) is 0 Å². The van der Waals surface area contributed by atoms with Crippen molar-refractivity contribution in [3.05, 3.63) is 90.1 Å². The van der Waals surface area contributed by atoms with Crippen LogP contribution in [0.1, 0.15) is 37.0 Å². The van der Waals surface area contributed by atoms with Crippen LogP contribution in [-0.2, 0) is 21.2 Å². The van der Waals surface area contributed by atoms with Crippen LogP contribution in [0.3, 0.4) is 0 Å². The molecule has 0 unspecified atom stereocenters. The first kappa shape index (κ1) is 26.7. The van der Waals surface area contributed by atoms with Gasteiger partial charge >= 0.3 is 0 Å². The van der Waals surface area contributed by atoms with Crippen molar-refractivity contribution >= 4 is 27.3 Å². The third kappa shape index (κ3) is 7.10. The number of hydrogen-bond donors (Lipinski definition) is 2. The van der Waals surface area contributed by atoms with E-state index in [2.05, 4.69) is 20.2 Å². The van der Waals surface area contributed by atoms with Crippen molar-refractivity contribution in [1.82, 2.24) is 10.1 Å². The molecule has 0 aliphatic carbocycles. The molecule has 198 valence electrons. The first-order valence-corrected chi connectivity index (χ1v) is 13.3. The largest absolute Gasteiger partial charge is 0.497 e. The molecule has 0 saturated carbocycles. The van der Waals surface area contributed by atoms with E-state index in [9.17, 15) is 13.2 Å². The molecule has 0 aliphatic rings.